The summed E-state index contributed by atoms with van der Waals surface area (Å²) in [7, 11) is 1.53. The third-order valence-electron chi connectivity index (χ3n) is 4.45. The van der Waals surface area contributed by atoms with Crippen LogP contribution in [0.3, 0.4) is 0 Å². The lowest BCUT2D eigenvalue weighted by molar-refractivity contribution is 0.0303. The van der Waals surface area contributed by atoms with Crippen LogP contribution in [0.4, 0.5) is 5.69 Å². The maximum Gasteiger partial charge on any atom is 0.255 e. The molecule has 0 bridgehead atoms. The summed E-state index contributed by atoms with van der Waals surface area (Å²) in [5, 5.41) is 2.84. The van der Waals surface area contributed by atoms with Gasteiger partial charge in [-0.05, 0) is 50.2 Å². The number of rotatable bonds is 6. The monoisotopic (exact) mass is 398 g/mol. The fourth-order valence-electron chi connectivity index (χ4n) is 3.04. The summed E-state index contributed by atoms with van der Waals surface area (Å²) in [5.41, 5.74) is 1.52. The highest BCUT2D eigenvalue weighted by Crippen LogP contribution is 2.29. The number of carbonyl (C=O) groups excluding carboxylic acids is 2. The SMILES string of the molecule is COc1cc(C(=O)Nc2cccc(C(=O)N3CCOCC3)c2)ccc1OC(C)C. The Morgan fingerprint density at radius 1 is 1.03 bits per heavy atom. The summed E-state index contributed by atoms with van der Waals surface area (Å²) in [5.74, 6) is 0.705. The Morgan fingerprint density at radius 3 is 2.48 bits per heavy atom. The first-order chi connectivity index (χ1) is 14.0. The molecule has 1 saturated heterocycles. The number of morpholine rings is 1. The summed E-state index contributed by atoms with van der Waals surface area (Å²) in [6.07, 6.45) is -0.00433. The maximum absolute atomic E-state index is 12.7. The van der Waals surface area contributed by atoms with Crippen molar-refractivity contribution in [2.75, 3.05) is 38.7 Å². The molecule has 1 N–H and O–H groups in total. The van der Waals surface area contributed by atoms with E-state index in [4.69, 9.17) is 14.2 Å². The molecule has 7 heteroatoms. The van der Waals surface area contributed by atoms with E-state index in [1.807, 2.05) is 13.8 Å². The largest absolute Gasteiger partial charge is 0.493 e. The quantitative estimate of drug-likeness (QED) is 0.809. The van der Waals surface area contributed by atoms with Crippen LogP contribution in [-0.4, -0.2) is 56.2 Å². The van der Waals surface area contributed by atoms with Crippen molar-refractivity contribution in [2.24, 2.45) is 0 Å². The predicted octanol–water partition coefficient (Wildman–Crippen LogP) is 3.21. The molecular formula is C22H26N2O5. The summed E-state index contributed by atoms with van der Waals surface area (Å²) >= 11 is 0. The van der Waals surface area contributed by atoms with Gasteiger partial charge >= 0.3 is 0 Å². The van der Waals surface area contributed by atoms with E-state index in [0.29, 0.717) is 54.6 Å². The Hall–Kier alpha value is -3.06. The van der Waals surface area contributed by atoms with Crippen molar-refractivity contribution in [1.82, 2.24) is 4.90 Å². The van der Waals surface area contributed by atoms with Crippen molar-refractivity contribution >= 4 is 17.5 Å². The van der Waals surface area contributed by atoms with Gasteiger partial charge in [-0.3, -0.25) is 9.59 Å². The Morgan fingerprint density at radius 2 is 1.79 bits per heavy atom. The summed E-state index contributed by atoms with van der Waals surface area (Å²) in [6.45, 7) is 6.07. The van der Waals surface area contributed by atoms with E-state index in [0.717, 1.165) is 0 Å². The Bertz CT molecular complexity index is 875. The Kier molecular flexibility index (Phi) is 6.72. The molecule has 1 aliphatic heterocycles. The van der Waals surface area contributed by atoms with E-state index in [1.54, 1.807) is 47.4 Å². The van der Waals surface area contributed by atoms with Gasteiger partial charge < -0.3 is 24.4 Å². The Balaban J connectivity index is 1.73. The molecule has 0 radical (unpaired) electrons. The number of nitrogens with one attached hydrogen (secondary N) is 1. The van der Waals surface area contributed by atoms with Crippen LogP contribution >= 0.6 is 0 Å². The smallest absolute Gasteiger partial charge is 0.255 e. The number of amides is 2. The number of methoxy groups -OCH3 is 1. The fraction of sp³-hybridized carbons (Fsp3) is 0.364. The fourth-order valence-corrected chi connectivity index (χ4v) is 3.04. The highest BCUT2D eigenvalue weighted by Gasteiger charge is 2.19. The van der Waals surface area contributed by atoms with Crippen molar-refractivity contribution in [3.63, 3.8) is 0 Å². The van der Waals surface area contributed by atoms with E-state index in [2.05, 4.69) is 5.32 Å². The number of hydrogen-bond donors (Lipinski definition) is 1. The lowest BCUT2D eigenvalue weighted by atomic mass is 10.1. The van der Waals surface area contributed by atoms with Gasteiger partial charge in [-0.2, -0.15) is 0 Å². The van der Waals surface area contributed by atoms with E-state index < -0.39 is 0 Å². The van der Waals surface area contributed by atoms with Gasteiger partial charge in [0.25, 0.3) is 11.8 Å². The third kappa shape index (κ3) is 5.26. The first-order valence-electron chi connectivity index (χ1n) is 9.61. The average Bonchev–Trinajstić information content (AvgIpc) is 2.74. The molecule has 0 aliphatic carbocycles. The molecule has 0 unspecified atom stereocenters. The number of hydrogen-bond acceptors (Lipinski definition) is 5. The van der Waals surface area contributed by atoms with Crippen LogP contribution in [0.1, 0.15) is 34.6 Å². The molecule has 3 rings (SSSR count). The van der Waals surface area contributed by atoms with Crippen molar-refractivity contribution in [1.29, 1.82) is 0 Å². The molecule has 29 heavy (non-hydrogen) atoms. The summed E-state index contributed by atoms with van der Waals surface area (Å²) in [6, 6.07) is 12.0. The highest BCUT2D eigenvalue weighted by atomic mass is 16.5. The van der Waals surface area contributed by atoms with Gasteiger partial charge in [0.1, 0.15) is 0 Å². The van der Waals surface area contributed by atoms with Crippen molar-refractivity contribution < 1.29 is 23.8 Å². The van der Waals surface area contributed by atoms with Gasteiger partial charge in [0.15, 0.2) is 11.5 Å². The van der Waals surface area contributed by atoms with Crippen LogP contribution in [0.5, 0.6) is 11.5 Å². The lowest BCUT2D eigenvalue weighted by Crippen LogP contribution is -2.40. The minimum Gasteiger partial charge on any atom is -0.493 e. The van der Waals surface area contributed by atoms with E-state index >= 15 is 0 Å². The van der Waals surface area contributed by atoms with Crippen LogP contribution in [0, 0.1) is 0 Å². The molecule has 7 nitrogen and oxygen atoms in total. The van der Waals surface area contributed by atoms with Gasteiger partial charge in [-0.25, -0.2) is 0 Å². The second kappa shape index (κ2) is 9.43. The van der Waals surface area contributed by atoms with Gasteiger partial charge in [0.2, 0.25) is 0 Å². The normalized spacial score (nSPS) is 13.9. The van der Waals surface area contributed by atoms with Crippen molar-refractivity contribution in [2.45, 2.75) is 20.0 Å². The minimum atomic E-state index is -0.296. The zero-order valence-electron chi connectivity index (χ0n) is 16.9. The number of benzene rings is 2. The molecule has 1 heterocycles. The molecule has 0 spiro atoms. The maximum atomic E-state index is 12.7. The Labute approximate surface area is 170 Å². The summed E-state index contributed by atoms with van der Waals surface area (Å²) in [4.78, 5) is 27.1. The van der Waals surface area contributed by atoms with Crippen LogP contribution in [0.25, 0.3) is 0 Å². The number of nitrogens with zero attached hydrogens (tertiary/aromatic N) is 1. The topological polar surface area (TPSA) is 77.1 Å². The van der Waals surface area contributed by atoms with E-state index in [1.165, 1.54) is 7.11 Å². The minimum absolute atomic E-state index is 0.00433. The van der Waals surface area contributed by atoms with Crippen LogP contribution in [0.15, 0.2) is 42.5 Å². The molecule has 2 aromatic carbocycles. The average molecular weight is 398 g/mol. The third-order valence-corrected chi connectivity index (χ3v) is 4.45. The first-order valence-corrected chi connectivity index (χ1v) is 9.61. The number of carbonyl (C=O) groups is 2. The molecular weight excluding hydrogens is 372 g/mol. The van der Waals surface area contributed by atoms with Crippen molar-refractivity contribution in [3.05, 3.63) is 53.6 Å². The van der Waals surface area contributed by atoms with Crippen LogP contribution in [-0.2, 0) is 4.74 Å². The van der Waals surface area contributed by atoms with E-state index in [9.17, 15) is 9.59 Å². The van der Waals surface area contributed by atoms with Gasteiger partial charge in [-0.1, -0.05) is 6.07 Å². The standard InChI is InChI=1S/C22H26N2O5/c1-15(2)29-19-8-7-16(14-20(19)27-3)21(25)23-18-6-4-5-17(13-18)22(26)24-9-11-28-12-10-24/h4-8,13-15H,9-12H2,1-3H3,(H,23,25). The van der Waals surface area contributed by atoms with E-state index in [-0.39, 0.29) is 17.9 Å². The molecule has 0 aromatic heterocycles. The van der Waals surface area contributed by atoms with Gasteiger partial charge in [0, 0.05) is 29.9 Å². The molecule has 0 saturated carbocycles. The first kappa shape index (κ1) is 20.7. The predicted molar refractivity (Wildman–Crippen MR) is 110 cm³/mol. The molecule has 2 amide bonds. The molecule has 154 valence electrons. The van der Waals surface area contributed by atoms with Crippen molar-refractivity contribution in [3.8, 4) is 11.5 Å². The van der Waals surface area contributed by atoms with Crippen LogP contribution in [0.2, 0.25) is 0 Å². The molecule has 2 aromatic rings. The van der Waals surface area contributed by atoms with Crippen LogP contribution < -0.4 is 14.8 Å². The van der Waals surface area contributed by atoms with Gasteiger partial charge in [0.05, 0.1) is 26.4 Å². The molecule has 1 fully saturated rings. The second-order valence-electron chi connectivity index (χ2n) is 6.97. The molecule has 1 aliphatic rings. The molecule has 0 atom stereocenters. The second-order valence-corrected chi connectivity index (χ2v) is 6.97. The zero-order chi connectivity index (χ0) is 20.8. The van der Waals surface area contributed by atoms with Gasteiger partial charge in [-0.15, -0.1) is 0 Å². The zero-order valence-corrected chi connectivity index (χ0v) is 16.9. The number of ether oxygens (including phenoxy) is 3. The summed E-state index contributed by atoms with van der Waals surface area (Å²) < 4.78 is 16.3. The number of anilines is 1. The lowest BCUT2D eigenvalue weighted by Gasteiger charge is -2.27. The highest BCUT2D eigenvalue weighted by molar-refractivity contribution is 6.05.